The molecule has 1 heterocycles. The van der Waals surface area contributed by atoms with Crippen molar-refractivity contribution in [2.45, 2.75) is 13.8 Å². The number of amides is 1. The van der Waals surface area contributed by atoms with Gasteiger partial charge in [-0.05, 0) is 66.2 Å². The second-order valence-electron chi connectivity index (χ2n) is 8.16. The van der Waals surface area contributed by atoms with Gasteiger partial charge in [0.05, 0.1) is 18.5 Å². The van der Waals surface area contributed by atoms with Crippen LogP contribution in [0.1, 0.15) is 28.4 Å². The molecule has 0 bridgehead atoms. The summed E-state index contributed by atoms with van der Waals surface area (Å²) in [5.74, 6) is 0.859. The Hall–Kier alpha value is -3.95. The molecule has 3 aromatic carbocycles. The van der Waals surface area contributed by atoms with E-state index in [1.165, 1.54) is 16.9 Å². The fourth-order valence-electron chi connectivity index (χ4n) is 3.42. The Labute approximate surface area is 234 Å². The Morgan fingerprint density at radius 2 is 1.84 bits per heavy atom. The first kappa shape index (κ1) is 27.1. The third kappa shape index (κ3) is 7.08. The van der Waals surface area contributed by atoms with Crippen LogP contribution in [-0.2, 0) is 0 Å². The van der Waals surface area contributed by atoms with Gasteiger partial charge in [0.1, 0.15) is 6.61 Å². The number of nitrogens with zero attached hydrogens (tertiary/aromatic N) is 2. The molecule has 38 heavy (non-hydrogen) atoms. The largest absolute Gasteiger partial charge is 0.490 e. The molecule has 0 atom stereocenters. The van der Waals surface area contributed by atoms with E-state index in [0.717, 1.165) is 32.1 Å². The molecule has 0 fully saturated rings. The van der Waals surface area contributed by atoms with E-state index in [1.807, 2.05) is 36.6 Å². The highest BCUT2D eigenvalue weighted by Crippen LogP contribution is 2.33. The van der Waals surface area contributed by atoms with Crippen molar-refractivity contribution in [1.29, 1.82) is 0 Å². The first-order chi connectivity index (χ1) is 18.5. The Bertz CT molecular complexity index is 1430. The topological polar surface area (TPSA) is 84.8 Å². The molecule has 9 heteroatoms. The van der Waals surface area contributed by atoms with Crippen molar-refractivity contribution >= 4 is 50.2 Å². The Morgan fingerprint density at radius 1 is 1.11 bits per heavy atom. The molecule has 0 saturated heterocycles. The molecule has 0 aliphatic carbocycles. The average molecular weight is 592 g/mol. The highest BCUT2D eigenvalue weighted by atomic mass is 79.9. The molecule has 0 radical (unpaired) electrons. The molecule has 1 amide bonds. The van der Waals surface area contributed by atoms with Crippen LogP contribution in [0.5, 0.6) is 11.5 Å². The summed E-state index contributed by atoms with van der Waals surface area (Å²) in [5, 5.41) is 10.2. The predicted octanol–water partition coefficient (Wildman–Crippen LogP) is 7.35. The Morgan fingerprint density at radius 3 is 2.55 bits per heavy atom. The van der Waals surface area contributed by atoms with E-state index in [0.29, 0.717) is 30.3 Å². The minimum atomic E-state index is -0.320. The molecular formula is C29H27BrN4O3S. The van der Waals surface area contributed by atoms with Crippen molar-refractivity contribution in [2.24, 2.45) is 5.10 Å². The highest BCUT2D eigenvalue weighted by molar-refractivity contribution is 9.10. The van der Waals surface area contributed by atoms with Crippen LogP contribution in [0.25, 0.3) is 11.3 Å². The second kappa shape index (κ2) is 13.0. The number of hydrogen-bond donors (Lipinski definition) is 2. The standard InChI is InChI=1S/C29H27BrN4O3S/c1-4-14-37-27-16-24(30)22(15-26(27)36-5-2)17-31-34-28(35)21-10-8-20(9-11-21)25-18-38-29(33-25)32-23-12-6-19(3)7-13-23/h4,6-13,15-18H,1,5,14H2,2-3H3,(H,32,33)(H,34,35)/b31-17-. The van der Waals surface area contributed by atoms with Gasteiger partial charge in [-0.3, -0.25) is 4.79 Å². The third-order valence-corrected chi connectivity index (χ3v) is 6.78. The second-order valence-corrected chi connectivity index (χ2v) is 9.87. The van der Waals surface area contributed by atoms with Gasteiger partial charge >= 0.3 is 0 Å². The van der Waals surface area contributed by atoms with E-state index in [-0.39, 0.29) is 5.91 Å². The molecule has 2 N–H and O–H groups in total. The van der Waals surface area contributed by atoms with Crippen LogP contribution in [-0.4, -0.2) is 30.3 Å². The molecule has 194 valence electrons. The number of ether oxygens (including phenoxy) is 2. The number of carbonyl (C=O) groups excluding carboxylic acids is 1. The van der Waals surface area contributed by atoms with E-state index in [4.69, 9.17) is 9.47 Å². The molecule has 4 rings (SSSR count). The van der Waals surface area contributed by atoms with Crippen LogP contribution in [0, 0.1) is 6.92 Å². The van der Waals surface area contributed by atoms with Crippen LogP contribution in [0.3, 0.4) is 0 Å². The van der Waals surface area contributed by atoms with Gasteiger partial charge in [-0.25, -0.2) is 10.4 Å². The van der Waals surface area contributed by atoms with E-state index in [9.17, 15) is 4.79 Å². The van der Waals surface area contributed by atoms with Crippen LogP contribution in [0.15, 0.2) is 88.3 Å². The van der Waals surface area contributed by atoms with E-state index in [1.54, 1.807) is 36.6 Å². The van der Waals surface area contributed by atoms with Crippen LogP contribution >= 0.6 is 27.3 Å². The number of halogens is 1. The third-order valence-electron chi connectivity index (χ3n) is 5.34. The first-order valence-corrected chi connectivity index (χ1v) is 13.6. The Balaban J connectivity index is 1.38. The van der Waals surface area contributed by atoms with E-state index >= 15 is 0 Å². The highest BCUT2D eigenvalue weighted by Gasteiger charge is 2.11. The quantitative estimate of drug-likeness (QED) is 0.108. The average Bonchev–Trinajstić information content (AvgIpc) is 3.39. The molecule has 7 nitrogen and oxygen atoms in total. The van der Waals surface area contributed by atoms with Gasteiger partial charge in [0.2, 0.25) is 0 Å². The summed E-state index contributed by atoms with van der Waals surface area (Å²) in [5.41, 5.74) is 7.74. The summed E-state index contributed by atoms with van der Waals surface area (Å²) in [6, 6.07) is 19.0. The maximum Gasteiger partial charge on any atom is 0.271 e. The van der Waals surface area contributed by atoms with Gasteiger partial charge in [0.15, 0.2) is 16.6 Å². The zero-order valence-corrected chi connectivity index (χ0v) is 23.4. The van der Waals surface area contributed by atoms with Gasteiger partial charge < -0.3 is 14.8 Å². The molecule has 0 aliphatic rings. The summed E-state index contributed by atoms with van der Waals surface area (Å²) in [6.45, 7) is 8.47. The number of benzene rings is 3. The lowest BCUT2D eigenvalue weighted by Gasteiger charge is -2.12. The van der Waals surface area contributed by atoms with Gasteiger partial charge in [-0.1, -0.05) is 42.5 Å². The number of hydrazone groups is 1. The van der Waals surface area contributed by atoms with Gasteiger partial charge in [-0.15, -0.1) is 11.3 Å². The van der Waals surface area contributed by atoms with Crippen LogP contribution in [0.4, 0.5) is 10.8 Å². The lowest BCUT2D eigenvalue weighted by molar-refractivity contribution is 0.0955. The SMILES string of the molecule is C=CCOc1cc(Br)c(/C=N\NC(=O)c2ccc(-c3csc(Nc4ccc(C)cc4)n3)cc2)cc1OCC. The zero-order valence-electron chi connectivity index (χ0n) is 21.0. The summed E-state index contributed by atoms with van der Waals surface area (Å²) in [6.07, 6.45) is 3.22. The van der Waals surface area contributed by atoms with Crippen molar-refractivity contribution in [1.82, 2.24) is 10.4 Å². The van der Waals surface area contributed by atoms with Gasteiger partial charge in [0, 0.05) is 32.2 Å². The number of aryl methyl sites for hydroxylation is 1. The summed E-state index contributed by atoms with van der Waals surface area (Å²) >= 11 is 5.04. The fraction of sp³-hybridized carbons (Fsp3) is 0.138. The number of anilines is 2. The molecule has 1 aromatic heterocycles. The lowest BCUT2D eigenvalue weighted by atomic mass is 10.1. The van der Waals surface area contributed by atoms with Crippen LogP contribution < -0.4 is 20.2 Å². The van der Waals surface area contributed by atoms with Crippen molar-refractivity contribution < 1.29 is 14.3 Å². The van der Waals surface area contributed by atoms with Gasteiger partial charge in [-0.2, -0.15) is 5.10 Å². The monoisotopic (exact) mass is 590 g/mol. The number of rotatable bonds is 11. The molecule has 0 aliphatic heterocycles. The normalized spacial score (nSPS) is 10.8. The van der Waals surface area contributed by atoms with E-state index in [2.05, 4.69) is 62.4 Å². The number of aromatic nitrogens is 1. The number of carbonyl (C=O) groups is 1. The van der Waals surface area contributed by atoms with Crippen molar-refractivity contribution in [3.8, 4) is 22.8 Å². The van der Waals surface area contributed by atoms with Gasteiger partial charge in [0.25, 0.3) is 5.91 Å². The summed E-state index contributed by atoms with van der Waals surface area (Å²) in [4.78, 5) is 17.3. The molecule has 0 unspecified atom stereocenters. The molecule has 0 spiro atoms. The number of nitrogens with one attached hydrogen (secondary N) is 2. The smallest absolute Gasteiger partial charge is 0.271 e. The molecule has 4 aromatic rings. The fourth-order valence-corrected chi connectivity index (χ4v) is 4.59. The van der Waals surface area contributed by atoms with Crippen molar-refractivity contribution in [3.63, 3.8) is 0 Å². The molecule has 0 saturated carbocycles. The summed E-state index contributed by atoms with van der Waals surface area (Å²) in [7, 11) is 0. The lowest BCUT2D eigenvalue weighted by Crippen LogP contribution is -2.17. The van der Waals surface area contributed by atoms with Crippen molar-refractivity contribution in [3.05, 3.63) is 99.9 Å². The van der Waals surface area contributed by atoms with E-state index < -0.39 is 0 Å². The maximum atomic E-state index is 12.6. The van der Waals surface area contributed by atoms with Crippen LogP contribution in [0.2, 0.25) is 0 Å². The Kier molecular flexibility index (Phi) is 9.29. The first-order valence-electron chi connectivity index (χ1n) is 11.9. The maximum absolute atomic E-state index is 12.6. The number of hydrogen-bond acceptors (Lipinski definition) is 7. The minimum Gasteiger partial charge on any atom is -0.490 e. The zero-order chi connectivity index (χ0) is 26.9. The number of thiazole rings is 1. The summed E-state index contributed by atoms with van der Waals surface area (Å²) < 4.78 is 12.1. The van der Waals surface area contributed by atoms with Crippen molar-refractivity contribution in [2.75, 3.05) is 18.5 Å². The molecular weight excluding hydrogens is 564 g/mol. The minimum absolute atomic E-state index is 0.320. The predicted molar refractivity (Wildman–Crippen MR) is 158 cm³/mol.